The molecule has 1 aromatic carbocycles. The minimum absolute atomic E-state index is 0. The van der Waals surface area contributed by atoms with Gasteiger partial charge in [-0.2, -0.15) is 5.26 Å². The molecule has 7 nitrogen and oxygen atoms in total. The maximum Gasteiger partial charge on any atom is 0.358 e. The third-order valence-electron chi connectivity index (χ3n) is 2.58. The van der Waals surface area contributed by atoms with Gasteiger partial charge in [0.25, 0.3) is 0 Å². The average molecular weight is 370 g/mol. The number of anilines is 2. The molecule has 2 aromatic rings. The summed E-state index contributed by atoms with van der Waals surface area (Å²) in [5, 5.41) is 28.0. The quantitative estimate of drug-likeness (QED) is 0.796. The van der Waals surface area contributed by atoms with Crippen LogP contribution in [-0.4, -0.2) is 28.4 Å². The number of nitriles is 1. The molecule has 0 spiro atoms. The Kier molecular flexibility index (Phi) is 6.23. The molecule has 0 unspecified atom stereocenters. The molecule has 0 bridgehead atoms. The maximum absolute atomic E-state index is 11.1. The van der Waals surface area contributed by atoms with Crippen molar-refractivity contribution in [2.45, 2.75) is 0 Å². The maximum atomic E-state index is 11.1. The Morgan fingerprint density at radius 2 is 2.14 bits per heavy atom. The smallest absolute Gasteiger partial charge is 0.358 e. The van der Waals surface area contributed by atoms with Gasteiger partial charge in [0.05, 0.1) is 24.0 Å². The van der Waals surface area contributed by atoms with Crippen LogP contribution in [0.4, 0.5) is 11.4 Å². The molecule has 1 heterocycles. The Labute approximate surface area is 143 Å². The zero-order valence-corrected chi connectivity index (χ0v) is 15.2. The van der Waals surface area contributed by atoms with Crippen molar-refractivity contribution >= 4 is 28.9 Å². The van der Waals surface area contributed by atoms with Crippen molar-refractivity contribution in [3.63, 3.8) is 0 Å². The van der Waals surface area contributed by atoms with Crippen LogP contribution in [0.5, 0.6) is 5.75 Å². The number of ether oxygens (including phenoxy) is 1. The number of rotatable bonds is 4. The van der Waals surface area contributed by atoms with E-state index in [4.69, 9.17) is 26.7 Å². The predicted octanol–water partition coefficient (Wildman–Crippen LogP) is 2.45. The van der Waals surface area contributed by atoms with Crippen molar-refractivity contribution in [2.24, 2.45) is 0 Å². The van der Waals surface area contributed by atoms with Crippen molar-refractivity contribution in [1.82, 2.24) is 10.2 Å². The molecular formula is C13H9ClN4O3Zn. The van der Waals surface area contributed by atoms with Gasteiger partial charge in [-0.1, -0.05) is 17.7 Å². The monoisotopic (exact) mass is 368 g/mol. The van der Waals surface area contributed by atoms with E-state index in [2.05, 4.69) is 15.5 Å². The van der Waals surface area contributed by atoms with E-state index in [1.165, 1.54) is 13.2 Å². The zero-order valence-electron chi connectivity index (χ0n) is 11.5. The second kappa shape index (κ2) is 7.69. The Balaban J connectivity index is 0.00000242. The first-order valence-electron chi connectivity index (χ1n) is 5.67. The minimum Gasteiger partial charge on any atom is -0.493 e. The van der Waals surface area contributed by atoms with Crippen LogP contribution in [-0.2, 0) is 19.5 Å². The standard InChI is InChI=1S/C13H9ClN4O3.Zn/c1-21-12-7(6-15)3-2-4-8(12)16-9-5-10(14)17-18-11(9)13(19)20;/h2-5H,1H3,(H,16,17)(H,19,20);. The first kappa shape index (κ1) is 17.8. The van der Waals surface area contributed by atoms with Gasteiger partial charge in [0.2, 0.25) is 0 Å². The first-order valence-corrected chi connectivity index (χ1v) is 6.05. The van der Waals surface area contributed by atoms with Gasteiger partial charge in [-0.25, -0.2) is 4.79 Å². The Morgan fingerprint density at radius 1 is 1.41 bits per heavy atom. The summed E-state index contributed by atoms with van der Waals surface area (Å²) in [6, 6.07) is 8.18. The molecule has 0 aliphatic carbocycles. The number of para-hydroxylation sites is 1. The Bertz CT molecular complexity index is 749. The number of aromatic carboxylic acids is 1. The van der Waals surface area contributed by atoms with E-state index in [1.807, 2.05) is 6.07 Å². The van der Waals surface area contributed by atoms with E-state index >= 15 is 0 Å². The van der Waals surface area contributed by atoms with Crippen LogP contribution in [0.3, 0.4) is 0 Å². The first-order chi connectivity index (χ1) is 10.1. The van der Waals surface area contributed by atoms with Crippen LogP contribution in [0.2, 0.25) is 5.15 Å². The Hall–Kier alpha value is -2.23. The van der Waals surface area contributed by atoms with Crippen molar-refractivity contribution in [3.05, 3.63) is 40.7 Å². The summed E-state index contributed by atoms with van der Waals surface area (Å²) in [5.74, 6) is -0.957. The summed E-state index contributed by atoms with van der Waals surface area (Å²) in [6.07, 6.45) is 0. The third-order valence-corrected chi connectivity index (χ3v) is 2.76. The number of benzene rings is 1. The molecule has 0 aliphatic heterocycles. The number of carboxylic acid groups (broad SMARTS) is 1. The van der Waals surface area contributed by atoms with E-state index in [9.17, 15) is 4.79 Å². The van der Waals surface area contributed by atoms with Gasteiger partial charge in [-0.3, -0.25) is 0 Å². The molecule has 0 fully saturated rings. The predicted molar refractivity (Wildman–Crippen MR) is 75.0 cm³/mol. The van der Waals surface area contributed by atoms with Gasteiger partial charge in [-0.15, -0.1) is 10.2 Å². The molecule has 22 heavy (non-hydrogen) atoms. The molecule has 0 atom stereocenters. The molecule has 2 rings (SSSR count). The second-order valence-electron chi connectivity index (χ2n) is 3.86. The van der Waals surface area contributed by atoms with E-state index in [0.717, 1.165) is 0 Å². The summed E-state index contributed by atoms with van der Waals surface area (Å²) in [7, 11) is 1.41. The fourth-order valence-corrected chi connectivity index (χ4v) is 1.86. The number of nitrogens with zero attached hydrogens (tertiary/aromatic N) is 3. The van der Waals surface area contributed by atoms with Crippen molar-refractivity contribution in [1.29, 1.82) is 5.26 Å². The van der Waals surface area contributed by atoms with Crippen LogP contribution in [0.25, 0.3) is 0 Å². The summed E-state index contributed by atoms with van der Waals surface area (Å²) >= 11 is 5.73. The Morgan fingerprint density at radius 3 is 2.73 bits per heavy atom. The van der Waals surface area contributed by atoms with Crippen LogP contribution in [0, 0.1) is 11.3 Å². The number of halogens is 1. The summed E-state index contributed by atoms with van der Waals surface area (Å²) in [4.78, 5) is 11.1. The van der Waals surface area contributed by atoms with Crippen LogP contribution in [0.15, 0.2) is 24.3 Å². The van der Waals surface area contributed by atoms with Crippen molar-refractivity contribution in [2.75, 3.05) is 12.4 Å². The zero-order chi connectivity index (χ0) is 15.4. The largest absolute Gasteiger partial charge is 0.493 e. The number of carboxylic acids is 1. The van der Waals surface area contributed by atoms with Crippen molar-refractivity contribution < 1.29 is 34.1 Å². The van der Waals surface area contributed by atoms with Gasteiger partial charge in [0, 0.05) is 25.5 Å². The SMILES string of the molecule is COc1c(C#N)cccc1Nc1cc(Cl)nnc1C(=O)O.[Zn]. The molecule has 1 aromatic heterocycles. The summed E-state index contributed by atoms with van der Waals surface area (Å²) in [6.45, 7) is 0. The average Bonchev–Trinajstić information content (AvgIpc) is 2.46. The molecule has 0 saturated carbocycles. The van der Waals surface area contributed by atoms with Gasteiger partial charge in [0.1, 0.15) is 6.07 Å². The van der Waals surface area contributed by atoms with Crippen molar-refractivity contribution in [3.8, 4) is 11.8 Å². The number of hydrogen-bond donors (Lipinski definition) is 2. The van der Waals surface area contributed by atoms with Crippen LogP contribution < -0.4 is 10.1 Å². The van der Waals surface area contributed by atoms with E-state index in [1.54, 1.807) is 18.2 Å². The summed E-state index contributed by atoms with van der Waals surface area (Å²) in [5.41, 5.74) is 0.593. The fourth-order valence-electron chi connectivity index (χ4n) is 1.71. The third kappa shape index (κ3) is 3.70. The molecule has 0 saturated heterocycles. The van der Waals surface area contributed by atoms with E-state index in [-0.39, 0.29) is 36.0 Å². The van der Waals surface area contributed by atoms with Gasteiger partial charge in [0.15, 0.2) is 16.6 Å². The van der Waals surface area contributed by atoms with E-state index in [0.29, 0.717) is 17.0 Å². The molecule has 0 amide bonds. The summed E-state index contributed by atoms with van der Waals surface area (Å²) < 4.78 is 5.17. The molecule has 9 heteroatoms. The molecule has 0 aliphatic rings. The number of methoxy groups -OCH3 is 1. The fraction of sp³-hybridized carbons (Fsp3) is 0.0769. The van der Waals surface area contributed by atoms with Gasteiger partial charge >= 0.3 is 5.97 Å². The normalized spacial score (nSPS) is 9.32. The molecular weight excluding hydrogens is 361 g/mol. The minimum atomic E-state index is -1.25. The van der Waals surface area contributed by atoms with Gasteiger partial charge < -0.3 is 15.2 Å². The molecule has 0 radical (unpaired) electrons. The van der Waals surface area contributed by atoms with E-state index < -0.39 is 5.97 Å². The number of nitrogens with one attached hydrogen (secondary N) is 1. The number of carbonyl (C=O) groups is 1. The molecule has 108 valence electrons. The molecule has 2 N–H and O–H groups in total. The topological polar surface area (TPSA) is 108 Å². The van der Waals surface area contributed by atoms with Gasteiger partial charge in [-0.05, 0) is 12.1 Å². The number of aromatic nitrogens is 2. The van der Waals surface area contributed by atoms with Crippen LogP contribution in [0.1, 0.15) is 16.1 Å². The van der Waals surface area contributed by atoms with Crippen LogP contribution >= 0.6 is 11.6 Å². The second-order valence-corrected chi connectivity index (χ2v) is 4.24. The number of hydrogen-bond acceptors (Lipinski definition) is 6.